The molecule has 2 aliphatic carbocycles. The molecule has 4 aromatic carbocycles. The molecule has 0 fully saturated rings. The van der Waals surface area contributed by atoms with E-state index in [0.29, 0.717) is 11.3 Å². The van der Waals surface area contributed by atoms with Crippen molar-refractivity contribution >= 4 is 28.0 Å². The Morgan fingerprint density at radius 2 is 1.30 bits per heavy atom. The number of hydrogen-bond acceptors (Lipinski definition) is 0. The third-order valence-corrected chi connectivity index (χ3v) is 9.68. The first kappa shape index (κ1) is 37.9. The summed E-state index contributed by atoms with van der Waals surface area (Å²) in [7, 11) is 0. The number of benzene rings is 4. The predicted octanol–water partition coefficient (Wildman–Crippen LogP) is 11.3. The van der Waals surface area contributed by atoms with E-state index in [4.69, 9.17) is 0 Å². The van der Waals surface area contributed by atoms with E-state index in [1.807, 2.05) is 0 Å². The number of allylic oxidation sites excluding steroid dienone is 4. The van der Waals surface area contributed by atoms with Gasteiger partial charge in [0.2, 0.25) is 0 Å². The number of rotatable bonds is 3. The first-order valence-corrected chi connectivity index (χ1v) is 16.3. The van der Waals surface area contributed by atoms with Gasteiger partial charge >= 0.3 is 99.2 Å². The summed E-state index contributed by atoms with van der Waals surface area (Å²) in [6, 6.07) is 31.6. The van der Waals surface area contributed by atoms with Crippen molar-refractivity contribution in [1.29, 1.82) is 0 Å². The van der Waals surface area contributed by atoms with Crippen molar-refractivity contribution < 1.29 is 24.2 Å². The first-order chi connectivity index (χ1) is 20.0. The van der Waals surface area contributed by atoms with Crippen LogP contribution in [0.3, 0.4) is 0 Å². The van der Waals surface area contributed by atoms with Gasteiger partial charge in [-0.1, -0.05) is 77.0 Å². The Bertz CT molecular complexity index is 1510. The van der Waals surface area contributed by atoms with Gasteiger partial charge in [-0.15, -0.1) is 35.9 Å². The number of hydrogen-bond donors (Lipinski definition) is 0. The Morgan fingerprint density at radius 3 is 1.77 bits per heavy atom. The van der Waals surface area contributed by atoms with E-state index in [-0.39, 0.29) is 24.8 Å². The molecule has 0 bridgehead atoms. The topological polar surface area (TPSA) is 0 Å². The number of aryl methyl sites for hydroxylation is 4. The maximum atomic E-state index is 3.54. The molecule has 44 heavy (non-hydrogen) atoms. The van der Waals surface area contributed by atoms with Crippen molar-refractivity contribution in [3.05, 3.63) is 153 Å². The van der Waals surface area contributed by atoms with Crippen LogP contribution in [0.5, 0.6) is 0 Å². The molecule has 0 aromatic heterocycles. The summed E-state index contributed by atoms with van der Waals surface area (Å²) in [5.74, 6) is 0.573. The van der Waals surface area contributed by atoms with E-state index in [1.54, 1.807) is 0 Å². The van der Waals surface area contributed by atoms with Gasteiger partial charge in [0.15, 0.2) is 0 Å². The quantitative estimate of drug-likeness (QED) is 0.164. The van der Waals surface area contributed by atoms with E-state index in [9.17, 15) is 0 Å². The van der Waals surface area contributed by atoms with Gasteiger partial charge in [-0.3, -0.25) is 6.08 Å². The zero-order valence-electron chi connectivity index (χ0n) is 27.5. The Balaban J connectivity index is 0.000000231. The van der Waals surface area contributed by atoms with E-state index < -0.39 is 0 Å². The molecule has 0 saturated heterocycles. The van der Waals surface area contributed by atoms with Crippen LogP contribution in [0.15, 0.2) is 96.6 Å². The monoisotopic (exact) mass is 698 g/mol. The second-order valence-electron chi connectivity index (χ2n) is 12.5. The fraction of sp³-hybridized carbons (Fsp3) is 0.293. The molecule has 228 valence electrons. The third kappa shape index (κ3) is 9.60. The molecule has 0 amide bonds. The Morgan fingerprint density at radius 1 is 0.773 bits per heavy atom. The Hall–Kier alpha value is -2.31. The van der Waals surface area contributed by atoms with Crippen LogP contribution in [-0.2, 0) is 30.7 Å². The average molecular weight is 701 g/mol. The second kappa shape index (κ2) is 16.8. The van der Waals surface area contributed by atoms with Crippen LogP contribution < -0.4 is 0 Å². The molecule has 2 aliphatic rings. The molecule has 0 heterocycles. The molecule has 6 rings (SSSR count). The second-order valence-corrected chi connectivity index (χ2v) is 13.8. The molecule has 0 spiro atoms. The van der Waals surface area contributed by atoms with Gasteiger partial charge in [-0.2, -0.15) is 34.9 Å². The standard InChI is InChI=1S/C17H17.C13H10.C11H17.2ClH.Zr/c1-10-5-14-9-15-6-11(2)13(4)8-17(15)16(14)7-12(10)3;1-3-7-12(8-4-1)11-13-9-5-2-6-10-13;1-5-9-6-7-10(8-9)11(2,3)4;;;/h5,7-8H,9H2,1-4H3;1-10H;7-9H,5H2,1-4H3;2*1H;/q-1;;-1;;;+2. The normalized spacial score (nSPS) is 14.0. The van der Waals surface area contributed by atoms with E-state index in [1.165, 1.54) is 95.1 Å². The Labute approximate surface area is 294 Å². The molecule has 1 unspecified atom stereocenters. The molecule has 0 aliphatic heterocycles. The van der Waals surface area contributed by atoms with Crippen LogP contribution in [0.1, 0.15) is 78.6 Å². The number of halogens is 2. The summed E-state index contributed by atoms with van der Waals surface area (Å²) in [5, 5.41) is 0. The maximum absolute atomic E-state index is 3.54. The van der Waals surface area contributed by atoms with Crippen LogP contribution in [-0.4, -0.2) is 3.21 Å². The van der Waals surface area contributed by atoms with Crippen LogP contribution in [0.25, 0.3) is 11.1 Å². The zero-order valence-corrected chi connectivity index (χ0v) is 31.6. The van der Waals surface area contributed by atoms with Crippen molar-refractivity contribution in [1.82, 2.24) is 0 Å². The molecule has 0 nitrogen and oxygen atoms in total. The molecule has 1 atom stereocenters. The Kier molecular flexibility index (Phi) is 14.5. The molecule has 4 aromatic rings. The number of fused-ring (bicyclic) bond motifs is 3. The molecular formula is C41H46Cl2Zr. The van der Waals surface area contributed by atoms with Gasteiger partial charge < -0.3 is 0 Å². The van der Waals surface area contributed by atoms with Gasteiger partial charge in [-0.25, -0.2) is 6.08 Å². The minimum atomic E-state index is 0. The fourth-order valence-electron chi connectivity index (χ4n) is 5.24. The summed E-state index contributed by atoms with van der Waals surface area (Å²) in [6.45, 7) is 17.6. The zero-order chi connectivity index (χ0) is 30.4. The summed E-state index contributed by atoms with van der Waals surface area (Å²) in [5.41, 5.74) is 15.4. The van der Waals surface area contributed by atoms with Gasteiger partial charge in [-0.05, 0) is 37.0 Å². The van der Waals surface area contributed by atoms with Crippen molar-refractivity contribution in [2.24, 2.45) is 11.3 Å². The molecule has 0 saturated carbocycles. The third-order valence-electron chi connectivity index (χ3n) is 8.26. The average Bonchev–Trinajstić information content (AvgIpc) is 3.60. The van der Waals surface area contributed by atoms with E-state index in [0.717, 1.165) is 6.42 Å². The van der Waals surface area contributed by atoms with Gasteiger partial charge in [0.25, 0.3) is 0 Å². The predicted molar refractivity (Wildman–Crippen MR) is 192 cm³/mol. The van der Waals surface area contributed by atoms with Crippen molar-refractivity contribution in [3.8, 4) is 11.1 Å². The SMILES string of the molecule is CCC1[C-]=CC(C(C)(C)C)=C1.Cc1[c-]c2c(cc1C)-c1cc(C)c(C)cc1C2.Cl.Cl.[Zr+2]=[C](c1ccccc1)c1ccccc1. The van der Waals surface area contributed by atoms with Gasteiger partial charge in [0.05, 0.1) is 0 Å². The summed E-state index contributed by atoms with van der Waals surface area (Å²) in [4.78, 5) is 0. The molecule has 3 heteroatoms. The van der Waals surface area contributed by atoms with Gasteiger partial charge in [0.1, 0.15) is 0 Å². The summed E-state index contributed by atoms with van der Waals surface area (Å²) < 4.78 is 1.42. The molecule has 0 radical (unpaired) electrons. The molecule has 0 N–H and O–H groups in total. The van der Waals surface area contributed by atoms with E-state index in [2.05, 4.69) is 159 Å². The summed E-state index contributed by atoms with van der Waals surface area (Å²) in [6.07, 6.45) is 10.1. The van der Waals surface area contributed by atoms with Gasteiger partial charge in [0, 0.05) is 0 Å². The molecular weight excluding hydrogens is 655 g/mol. The first-order valence-electron chi connectivity index (χ1n) is 15.1. The van der Waals surface area contributed by atoms with Crippen LogP contribution in [0.4, 0.5) is 0 Å². The minimum absolute atomic E-state index is 0. The van der Waals surface area contributed by atoms with Crippen LogP contribution >= 0.6 is 24.8 Å². The van der Waals surface area contributed by atoms with Crippen molar-refractivity contribution in [3.63, 3.8) is 0 Å². The summed E-state index contributed by atoms with van der Waals surface area (Å²) >= 11 is 1.46. The van der Waals surface area contributed by atoms with Crippen molar-refractivity contribution in [2.75, 3.05) is 0 Å². The van der Waals surface area contributed by atoms with Crippen LogP contribution in [0, 0.1) is 51.2 Å². The van der Waals surface area contributed by atoms with Crippen molar-refractivity contribution in [2.45, 2.75) is 68.2 Å². The van der Waals surface area contributed by atoms with E-state index >= 15 is 0 Å². The fourth-order valence-corrected chi connectivity index (χ4v) is 6.05. The van der Waals surface area contributed by atoms with Crippen LogP contribution in [0.2, 0.25) is 0 Å².